The molecule has 2 aromatic carbocycles. The Bertz CT molecular complexity index is 1070. The van der Waals surface area contributed by atoms with Crippen molar-refractivity contribution in [3.05, 3.63) is 108 Å². The molecule has 0 aliphatic rings. The van der Waals surface area contributed by atoms with Crippen LogP contribution in [0.5, 0.6) is 0 Å². The van der Waals surface area contributed by atoms with Crippen LogP contribution >= 0.6 is 0 Å². The lowest BCUT2D eigenvalue weighted by Crippen LogP contribution is -2.16. The zero-order valence-electron chi connectivity index (χ0n) is 21.9. The molecule has 0 bridgehead atoms. The smallest absolute Gasteiger partial charge is 0.0949 e. The Morgan fingerprint density at radius 3 is 1.89 bits per heavy atom. The standard InChI is InChI=1S/2C15H21N3/c1-2-15-12-18(13-17-15)10-6-9-16-11-14-7-4-3-5-8-14;1-2-15-12-17-13-18(15)10-6-9-16-11-14-7-4-3-5-8-14/h2*3-5,7-8,12-13,16H,2,6,9-11H2,1H3. The molecule has 0 fully saturated rings. The fourth-order valence-corrected chi connectivity index (χ4v) is 3.97. The average Bonchev–Trinajstić information content (AvgIpc) is 3.59. The highest BCUT2D eigenvalue weighted by Crippen LogP contribution is 2.02. The van der Waals surface area contributed by atoms with Gasteiger partial charge < -0.3 is 19.8 Å². The summed E-state index contributed by atoms with van der Waals surface area (Å²) >= 11 is 0. The molecule has 6 heteroatoms. The van der Waals surface area contributed by atoms with Gasteiger partial charge in [0, 0.05) is 44.3 Å². The molecular formula is C30H42N6. The lowest BCUT2D eigenvalue weighted by molar-refractivity contribution is 0.569. The van der Waals surface area contributed by atoms with Gasteiger partial charge in [-0.25, -0.2) is 9.97 Å². The molecule has 0 saturated heterocycles. The van der Waals surface area contributed by atoms with E-state index in [-0.39, 0.29) is 0 Å². The quantitative estimate of drug-likeness (QED) is 0.239. The summed E-state index contributed by atoms with van der Waals surface area (Å²) in [6.45, 7) is 10.4. The Hall–Kier alpha value is -3.22. The van der Waals surface area contributed by atoms with Crippen molar-refractivity contribution in [3.63, 3.8) is 0 Å². The molecule has 0 spiro atoms. The Labute approximate surface area is 216 Å². The topological polar surface area (TPSA) is 59.7 Å². The number of imidazole rings is 2. The predicted octanol–water partition coefficient (Wildman–Crippen LogP) is 5.25. The SMILES string of the molecule is CCc1cn(CCCNCc2ccccc2)cn1.CCc1cncn1CCCNCc1ccccc1. The van der Waals surface area contributed by atoms with Crippen LogP contribution in [0, 0.1) is 0 Å². The molecule has 0 atom stereocenters. The van der Waals surface area contributed by atoms with E-state index in [1.807, 2.05) is 24.9 Å². The third kappa shape index (κ3) is 10.2. The molecule has 0 aliphatic carbocycles. The van der Waals surface area contributed by atoms with E-state index in [4.69, 9.17) is 0 Å². The third-order valence-corrected chi connectivity index (χ3v) is 6.08. The minimum Gasteiger partial charge on any atom is -0.337 e. The largest absolute Gasteiger partial charge is 0.337 e. The van der Waals surface area contributed by atoms with Gasteiger partial charge in [-0.05, 0) is 49.9 Å². The lowest BCUT2D eigenvalue weighted by atomic mass is 10.2. The highest BCUT2D eigenvalue weighted by Gasteiger charge is 1.99. The van der Waals surface area contributed by atoms with E-state index in [1.54, 1.807) is 0 Å². The Kier molecular flexibility index (Phi) is 12.5. The summed E-state index contributed by atoms with van der Waals surface area (Å²) in [7, 11) is 0. The molecule has 192 valence electrons. The molecule has 6 nitrogen and oxygen atoms in total. The number of nitrogens with one attached hydrogen (secondary N) is 2. The van der Waals surface area contributed by atoms with Crippen molar-refractivity contribution in [1.29, 1.82) is 0 Å². The molecule has 2 N–H and O–H groups in total. The van der Waals surface area contributed by atoms with Crippen LogP contribution < -0.4 is 10.6 Å². The summed E-state index contributed by atoms with van der Waals surface area (Å²) in [6, 6.07) is 21.0. The molecular weight excluding hydrogens is 444 g/mol. The third-order valence-electron chi connectivity index (χ3n) is 6.08. The maximum atomic E-state index is 4.32. The fraction of sp³-hybridized carbons (Fsp3) is 0.400. The van der Waals surface area contributed by atoms with E-state index >= 15 is 0 Å². The number of nitrogens with zero attached hydrogens (tertiary/aromatic N) is 4. The maximum Gasteiger partial charge on any atom is 0.0949 e. The van der Waals surface area contributed by atoms with Gasteiger partial charge in [0.1, 0.15) is 0 Å². The summed E-state index contributed by atoms with van der Waals surface area (Å²) in [4.78, 5) is 8.51. The van der Waals surface area contributed by atoms with Gasteiger partial charge in [-0.2, -0.15) is 0 Å². The molecule has 2 aromatic heterocycles. The van der Waals surface area contributed by atoms with E-state index < -0.39 is 0 Å². The molecule has 0 aliphatic heterocycles. The number of rotatable bonds is 14. The second-order valence-corrected chi connectivity index (χ2v) is 8.92. The minimum atomic E-state index is 0.949. The number of aryl methyl sites for hydroxylation is 4. The number of hydrogen-bond acceptors (Lipinski definition) is 4. The molecule has 0 amide bonds. The van der Waals surface area contributed by atoms with E-state index in [1.165, 1.54) is 22.5 Å². The Morgan fingerprint density at radius 2 is 1.33 bits per heavy atom. The van der Waals surface area contributed by atoms with Crippen LogP contribution in [0.25, 0.3) is 0 Å². The van der Waals surface area contributed by atoms with Crippen LogP contribution in [0.4, 0.5) is 0 Å². The van der Waals surface area contributed by atoms with Gasteiger partial charge in [0.2, 0.25) is 0 Å². The van der Waals surface area contributed by atoms with Crippen LogP contribution in [-0.2, 0) is 39.0 Å². The van der Waals surface area contributed by atoms with Crippen LogP contribution in [-0.4, -0.2) is 32.2 Å². The van der Waals surface area contributed by atoms with Crippen molar-refractivity contribution in [2.45, 2.75) is 65.7 Å². The van der Waals surface area contributed by atoms with Crippen LogP contribution in [0.3, 0.4) is 0 Å². The lowest BCUT2D eigenvalue weighted by Gasteiger charge is -2.07. The first-order valence-corrected chi connectivity index (χ1v) is 13.3. The van der Waals surface area contributed by atoms with Crippen molar-refractivity contribution in [2.75, 3.05) is 13.1 Å². The fourth-order valence-electron chi connectivity index (χ4n) is 3.97. The van der Waals surface area contributed by atoms with Crippen LogP contribution in [0.1, 0.15) is 49.2 Å². The zero-order chi connectivity index (χ0) is 25.3. The van der Waals surface area contributed by atoms with E-state index in [0.29, 0.717) is 0 Å². The molecule has 0 unspecified atom stereocenters. The monoisotopic (exact) mass is 486 g/mol. The minimum absolute atomic E-state index is 0.949. The maximum absolute atomic E-state index is 4.32. The first kappa shape index (κ1) is 27.4. The Morgan fingerprint density at radius 1 is 0.722 bits per heavy atom. The molecule has 0 radical (unpaired) electrons. The van der Waals surface area contributed by atoms with Crippen molar-refractivity contribution in [1.82, 2.24) is 29.7 Å². The van der Waals surface area contributed by atoms with Gasteiger partial charge in [0.15, 0.2) is 0 Å². The molecule has 0 saturated carbocycles. The second-order valence-electron chi connectivity index (χ2n) is 8.92. The summed E-state index contributed by atoms with van der Waals surface area (Å²) in [6.07, 6.45) is 12.3. The van der Waals surface area contributed by atoms with Gasteiger partial charge in [-0.3, -0.25) is 0 Å². The first-order chi connectivity index (χ1) is 17.8. The number of benzene rings is 2. The Balaban J connectivity index is 0.000000201. The van der Waals surface area contributed by atoms with Crippen LogP contribution in [0.15, 0.2) is 85.7 Å². The summed E-state index contributed by atoms with van der Waals surface area (Å²) in [5.41, 5.74) is 5.17. The van der Waals surface area contributed by atoms with Gasteiger partial charge in [0.25, 0.3) is 0 Å². The molecule has 4 aromatic rings. The molecule has 4 rings (SSSR count). The second kappa shape index (κ2) is 16.5. The van der Waals surface area contributed by atoms with Gasteiger partial charge in [-0.15, -0.1) is 0 Å². The molecule has 36 heavy (non-hydrogen) atoms. The van der Waals surface area contributed by atoms with Crippen molar-refractivity contribution < 1.29 is 0 Å². The predicted molar refractivity (Wildman–Crippen MR) is 149 cm³/mol. The van der Waals surface area contributed by atoms with Crippen LogP contribution in [0.2, 0.25) is 0 Å². The van der Waals surface area contributed by atoms with E-state index in [2.05, 4.69) is 104 Å². The molecule has 2 heterocycles. The summed E-state index contributed by atoms with van der Waals surface area (Å²) in [5.74, 6) is 0. The van der Waals surface area contributed by atoms with Crippen molar-refractivity contribution in [2.24, 2.45) is 0 Å². The van der Waals surface area contributed by atoms with Gasteiger partial charge in [-0.1, -0.05) is 74.5 Å². The average molecular weight is 487 g/mol. The number of aromatic nitrogens is 4. The van der Waals surface area contributed by atoms with E-state index in [9.17, 15) is 0 Å². The zero-order valence-corrected chi connectivity index (χ0v) is 21.9. The van der Waals surface area contributed by atoms with Crippen molar-refractivity contribution in [3.8, 4) is 0 Å². The number of hydrogen-bond donors (Lipinski definition) is 2. The first-order valence-electron chi connectivity index (χ1n) is 13.3. The summed E-state index contributed by atoms with van der Waals surface area (Å²) < 4.78 is 4.41. The van der Waals surface area contributed by atoms with Gasteiger partial charge >= 0.3 is 0 Å². The van der Waals surface area contributed by atoms with Crippen molar-refractivity contribution >= 4 is 0 Å². The van der Waals surface area contributed by atoms with Gasteiger partial charge in [0.05, 0.1) is 18.3 Å². The van der Waals surface area contributed by atoms with E-state index in [0.717, 1.165) is 65.0 Å². The normalized spacial score (nSPS) is 10.7. The summed E-state index contributed by atoms with van der Waals surface area (Å²) in [5, 5.41) is 6.93. The highest BCUT2D eigenvalue weighted by atomic mass is 15.0. The highest BCUT2D eigenvalue weighted by molar-refractivity contribution is 5.14.